The number of hydrogen-bond acceptors (Lipinski definition) is 3. The Bertz CT molecular complexity index is 415. The molecule has 0 heterocycles. The lowest BCUT2D eigenvalue weighted by atomic mass is 9.88. The predicted octanol–water partition coefficient (Wildman–Crippen LogP) is 5.15. The van der Waals surface area contributed by atoms with Crippen LogP contribution in [0.15, 0.2) is 11.6 Å². The molecule has 0 aliphatic heterocycles. The van der Waals surface area contributed by atoms with E-state index in [0.717, 1.165) is 19.4 Å². The third-order valence-electron chi connectivity index (χ3n) is 5.79. The molecule has 2 bridgehead atoms. The van der Waals surface area contributed by atoms with Gasteiger partial charge in [-0.1, -0.05) is 51.7 Å². The number of hydrogen-bond donors (Lipinski definition) is 0. The molecular formula is C21H36O3. The van der Waals surface area contributed by atoms with Gasteiger partial charge in [-0.05, 0) is 49.9 Å². The number of ether oxygens (including phenoxy) is 2. The van der Waals surface area contributed by atoms with E-state index in [4.69, 9.17) is 9.47 Å². The van der Waals surface area contributed by atoms with Crippen molar-refractivity contribution in [3.05, 3.63) is 11.6 Å². The molecular weight excluding hydrogens is 300 g/mol. The van der Waals surface area contributed by atoms with Gasteiger partial charge >= 0.3 is 5.97 Å². The second-order valence-electron chi connectivity index (χ2n) is 7.59. The van der Waals surface area contributed by atoms with Gasteiger partial charge in [0.25, 0.3) is 0 Å². The van der Waals surface area contributed by atoms with Gasteiger partial charge < -0.3 is 9.47 Å². The van der Waals surface area contributed by atoms with Gasteiger partial charge in [-0.2, -0.15) is 0 Å². The van der Waals surface area contributed by atoms with Crippen LogP contribution in [0.3, 0.4) is 0 Å². The van der Waals surface area contributed by atoms with E-state index in [2.05, 4.69) is 26.8 Å². The van der Waals surface area contributed by atoms with Gasteiger partial charge in [0.2, 0.25) is 0 Å². The summed E-state index contributed by atoms with van der Waals surface area (Å²) in [6.07, 6.45) is 11.9. The second-order valence-corrected chi connectivity index (χ2v) is 7.59. The first-order valence-electron chi connectivity index (χ1n) is 10.1. The van der Waals surface area contributed by atoms with E-state index >= 15 is 0 Å². The lowest BCUT2D eigenvalue weighted by Gasteiger charge is -2.20. The third-order valence-corrected chi connectivity index (χ3v) is 5.79. The highest BCUT2D eigenvalue weighted by Crippen LogP contribution is 2.49. The van der Waals surface area contributed by atoms with Gasteiger partial charge in [-0.15, -0.1) is 0 Å². The summed E-state index contributed by atoms with van der Waals surface area (Å²) >= 11 is 0. The van der Waals surface area contributed by atoms with Crippen molar-refractivity contribution in [3.63, 3.8) is 0 Å². The first kappa shape index (κ1) is 19.5. The Morgan fingerprint density at radius 3 is 2.67 bits per heavy atom. The molecule has 24 heavy (non-hydrogen) atoms. The molecule has 0 radical (unpaired) electrons. The maximum absolute atomic E-state index is 12.3. The summed E-state index contributed by atoms with van der Waals surface area (Å²) in [5.41, 5.74) is 1.61. The Hall–Kier alpha value is -0.830. The summed E-state index contributed by atoms with van der Waals surface area (Å²) in [4.78, 5) is 12.3. The standard InChI is InChI=1S/C21H36O3/c1-4-7-9-17-12-19-13-18(17)14-20(19)21(22)24-11-10-23-15-16(6-3)8-5-2/h12,16,18-20H,4-11,13-15H2,1-3H3. The maximum Gasteiger partial charge on any atom is 0.309 e. The van der Waals surface area contributed by atoms with E-state index in [-0.39, 0.29) is 11.9 Å². The zero-order chi connectivity index (χ0) is 17.4. The number of fused-ring (bicyclic) bond motifs is 2. The maximum atomic E-state index is 12.3. The third kappa shape index (κ3) is 5.34. The van der Waals surface area contributed by atoms with Crippen LogP contribution in [0.2, 0.25) is 0 Å². The predicted molar refractivity (Wildman–Crippen MR) is 97.8 cm³/mol. The van der Waals surface area contributed by atoms with E-state index in [1.807, 2.05) is 0 Å². The van der Waals surface area contributed by atoms with Gasteiger partial charge in [-0.25, -0.2) is 0 Å². The fourth-order valence-electron chi connectivity index (χ4n) is 4.28. The van der Waals surface area contributed by atoms with Gasteiger partial charge in [0, 0.05) is 6.61 Å². The molecule has 1 saturated carbocycles. The minimum atomic E-state index is -0.00232. The Balaban J connectivity index is 1.62. The molecule has 0 saturated heterocycles. The smallest absolute Gasteiger partial charge is 0.309 e. The average molecular weight is 337 g/mol. The number of carbonyl (C=O) groups is 1. The minimum absolute atomic E-state index is 0.00232. The van der Waals surface area contributed by atoms with Crippen molar-refractivity contribution in [1.82, 2.24) is 0 Å². The highest BCUT2D eigenvalue weighted by molar-refractivity contribution is 5.74. The van der Waals surface area contributed by atoms with E-state index in [1.54, 1.807) is 5.57 Å². The number of allylic oxidation sites excluding steroid dienone is 2. The SMILES string of the molecule is CCCCC1=CC2CC1CC2C(=O)OCCOCC(CC)CCC. The topological polar surface area (TPSA) is 35.5 Å². The van der Waals surface area contributed by atoms with Crippen LogP contribution >= 0.6 is 0 Å². The largest absolute Gasteiger partial charge is 0.463 e. The fraction of sp³-hybridized carbons (Fsp3) is 0.857. The van der Waals surface area contributed by atoms with Crippen molar-refractivity contribution in [2.75, 3.05) is 19.8 Å². The summed E-state index contributed by atoms with van der Waals surface area (Å²) < 4.78 is 11.2. The van der Waals surface area contributed by atoms with Crippen LogP contribution in [0.1, 0.15) is 72.1 Å². The summed E-state index contributed by atoms with van der Waals surface area (Å²) in [6.45, 7) is 8.38. The van der Waals surface area contributed by atoms with Crippen molar-refractivity contribution in [2.45, 2.75) is 72.1 Å². The number of unbranched alkanes of at least 4 members (excludes halogenated alkanes) is 1. The van der Waals surface area contributed by atoms with Gasteiger partial charge in [0.15, 0.2) is 0 Å². The Morgan fingerprint density at radius 2 is 2.04 bits per heavy atom. The monoisotopic (exact) mass is 336 g/mol. The highest BCUT2D eigenvalue weighted by Gasteiger charge is 2.44. The van der Waals surface area contributed by atoms with Gasteiger partial charge in [0.1, 0.15) is 6.61 Å². The van der Waals surface area contributed by atoms with Crippen LogP contribution in [0.4, 0.5) is 0 Å². The first-order valence-corrected chi connectivity index (χ1v) is 10.1. The molecule has 3 nitrogen and oxygen atoms in total. The van der Waals surface area contributed by atoms with Gasteiger partial charge in [-0.3, -0.25) is 4.79 Å². The first-order chi connectivity index (χ1) is 11.7. The summed E-state index contributed by atoms with van der Waals surface area (Å²) in [6, 6.07) is 0. The zero-order valence-electron chi connectivity index (χ0n) is 15.9. The molecule has 2 rings (SSSR count). The molecule has 0 aromatic rings. The fourth-order valence-corrected chi connectivity index (χ4v) is 4.28. The van der Waals surface area contributed by atoms with Crippen LogP contribution < -0.4 is 0 Å². The van der Waals surface area contributed by atoms with Gasteiger partial charge in [0.05, 0.1) is 12.5 Å². The summed E-state index contributed by atoms with van der Waals surface area (Å²) in [7, 11) is 0. The van der Waals surface area contributed by atoms with Crippen LogP contribution in [-0.4, -0.2) is 25.8 Å². The summed E-state index contributed by atoms with van der Waals surface area (Å²) in [5, 5.41) is 0. The molecule has 0 amide bonds. The molecule has 0 spiro atoms. The normalized spacial score (nSPS) is 26.5. The molecule has 138 valence electrons. The molecule has 4 atom stereocenters. The quantitative estimate of drug-likeness (QED) is 0.281. The molecule has 2 aliphatic carbocycles. The lowest BCUT2D eigenvalue weighted by molar-refractivity contribution is -0.151. The molecule has 4 unspecified atom stereocenters. The van der Waals surface area contributed by atoms with E-state index < -0.39 is 0 Å². The van der Waals surface area contributed by atoms with Crippen molar-refractivity contribution in [2.24, 2.45) is 23.7 Å². The Labute approximate surface area is 148 Å². The molecule has 3 heteroatoms. The molecule has 0 aromatic carbocycles. The molecule has 1 fully saturated rings. The van der Waals surface area contributed by atoms with Crippen LogP contribution in [0, 0.1) is 23.7 Å². The number of carbonyl (C=O) groups excluding carboxylic acids is 1. The zero-order valence-corrected chi connectivity index (χ0v) is 15.9. The van der Waals surface area contributed by atoms with Crippen molar-refractivity contribution in [3.8, 4) is 0 Å². The lowest BCUT2D eigenvalue weighted by Crippen LogP contribution is -2.24. The molecule has 0 N–H and O–H groups in total. The van der Waals surface area contributed by atoms with Crippen LogP contribution in [-0.2, 0) is 14.3 Å². The second kappa shape index (κ2) is 10.2. The summed E-state index contributed by atoms with van der Waals surface area (Å²) in [5.74, 6) is 1.82. The molecule has 2 aliphatic rings. The Morgan fingerprint density at radius 1 is 1.21 bits per heavy atom. The number of rotatable bonds is 12. The van der Waals surface area contributed by atoms with Crippen molar-refractivity contribution < 1.29 is 14.3 Å². The van der Waals surface area contributed by atoms with E-state index in [0.29, 0.717) is 31.0 Å². The molecule has 0 aromatic heterocycles. The highest BCUT2D eigenvalue weighted by atomic mass is 16.6. The van der Waals surface area contributed by atoms with Crippen LogP contribution in [0.5, 0.6) is 0 Å². The number of esters is 1. The average Bonchev–Trinajstić information content (AvgIpc) is 3.18. The van der Waals surface area contributed by atoms with Crippen molar-refractivity contribution in [1.29, 1.82) is 0 Å². The Kier molecular flexibility index (Phi) is 8.31. The van der Waals surface area contributed by atoms with E-state index in [1.165, 1.54) is 38.5 Å². The minimum Gasteiger partial charge on any atom is -0.463 e. The van der Waals surface area contributed by atoms with Crippen LogP contribution in [0.25, 0.3) is 0 Å². The van der Waals surface area contributed by atoms with E-state index in [9.17, 15) is 4.79 Å². The van der Waals surface area contributed by atoms with Crippen molar-refractivity contribution >= 4 is 5.97 Å².